The average molecular weight is 414 g/mol. The van der Waals surface area contributed by atoms with Gasteiger partial charge in [-0.1, -0.05) is 58.7 Å². The Kier molecular flexibility index (Phi) is 7.84. The van der Waals surface area contributed by atoms with E-state index in [9.17, 15) is 4.79 Å². The number of anilines is 1. The number of carbonyl (C=O) groups is 1. The highest BCUT2D eigenvalue weighted by Gasteiger charge is 2.32. The van der Waals surface area contributed by atoms with Crippen molar-refractivity contribution in [2.45, 2.75) is 84.6 Å². The van der Waals surface area contributed by atoms with Crippen LogP contribution in [0.15, 0.2) is 24.3 Å². The van der Waals surface area contributed by atoms with Gasteiger partial charge < -0.3 is 10.6 Å². The summed E-state index contributed by atoms with van der Waals surface area (Å²) in [4.78, 5) is 16.8. The van der Waals surface area contributed by atoms with E-state index in [0.717, 1.165) is 51.4 Å². The summed E-state index contributed by atoms with van der Waals surface area (Å²) in [6.45, 7) is 13.1. The Morgan fingerprint density at radius 2 is 1.70 bits per heavy atom. The van der Waals surface area contributed by atoms with Gasteiger partial charge in [-0.05, 0) is 61.0 Å². The van der Waals surface area contributed by atoms with Gasteiger partial charge in [0.2, 0.25) is 5.91 Å². The van der Waals surface area contributed by atoms with Crippen molar-refractivity contribution < 1.29 is 4.79 Å². The summed E-state index contributed by atoms with van der Waals surface area (Å²) >= 11 is 0. The minimum absolute atomic E-state index is 0.102. The maximum absolute atomic E-state index is 12.0. The number of para-hydroxylation sites is 1. The molecule has 0 aromatic heterocycles. The van der Waals surface area contributed by atoms with Crippen LogP contribution in [-0.2, 0) is 4.79 Å². The van der Waals surface area contributed by atoms with Crippen molar-refractivity contribution >= 4 is 11.6 Å². The molecule has 2 fully saturated rings. The predicted molar refractivity (Wildman–Crippen MR) is 127 cm³/mol. The Hall–Kier alpha value is -1.55. The van der Waals surface area contributed by atoms with Gasteiger partial charge in [-0.3, -0.25) is 9.69 Å². The molecule has 1 atom stereocenters. The first kappa shape index (κ1) is 23.1. The van der Waals surface area contributed by atoms with Crippen LogP contribution in [0.4, 0.5) is 5.69 Å². The molecule has 1 aliphatic carbocycles. The van der Waals surface area contributed by atoms with Crippen LogP contribution < -0.4 is 10.6 Å². The van der Waals surface area contributed by atoms with Gasteiger partial charge in [-0.25, -0.2) is 0 Å². The van der Waals surface area contributed by atoms with Crippen LogP contribution in [0.25, 0.3) is 0 Å². The highest BCUT2D eigenvalue weighted by atomic mass is 16.1. The van der Waals surface area contributed by atoms with Crippen molar-refractivity contribution in [1.82, 2.24) is 4.90 Å². The van der Waals surface area contributed by atoms with Crippen LogP contribution in [0.2, 0.25) is 0 Å². The summed E-state index contributed by atoms with van der Waals surface area (Å²) in [5, 5.41) is 0. The molecule has 30 heavy (non-hydrogen) atoms. The van der Waals surface area contributed by atoms with E-state index in [4.69, 9.17) is 5.73 Å². The van der Waals surface area contributed by atoms with Gasteiger partial charge >= 0.3 is 0 Å². The zero-order valence-corrected chi connectivity index (χ0v) is 19.7. The molecule has 0 bridgehead atoms. The number of primary amides is 1. The number of nitrogens with two attached hydrogens (primary N) is 1. The zero-order chi connectivity index (χ0) is 21.7. The Morgan fingerprint density at radius 3 is 2.27 bits per heavy atom. The summed E-state index contributed by atoms with van der Waals surface area (Å²) in [6, 6.07) is 8.95. The molecule has 1 aromatic carbocycles. The Bertz CT molecular complexity index is 680. The van der Waals surface area contributed by atoms with Crippen LogP contribution in [-0.4, -0.2) is 43.0 Å². The Labute approximate surface area is 184 Å². The van der Waals surface area contributed by atoms with E-state index < -0.39 is 0 Å². The molecule has 1 aromatic rings. The Balaban J connectivity index is 1.64. The number of rotatable bonds is 7. The van der Waals surface area contributed by atoms with Gasteiger partial charge in [-0.15, -0.1) is 0 Å². The second-order valence-corrected chi connectivity index (χ2v) is 10.6. The largest absolute Gasteiger partial charge is 0.369 e. The number of amides is 1. The Morgan fingerprint density at radius 1 is 1.07 bits per heavy atom. The molecule has 1 heterocycles. The first-order valence-corrected chi connectivity index (χ1v) is 12.2. The van der Waals surface area contributed by atoms with Crippen molar-refractivity contribution in [2.75, 3.05) is 31.1 Å². The molecule has 4 nitrogen and oxygen atoms in total. The van der Waals surface area contributed by atoms with Crippen molar-refractivity contribution in [3.63, 3.8) is 0 Å². The quantitative estimate of drug-likeness (QED) is 0.671. The number of hydrogen-bond donors (Lipinski definition) is 1. The molecule has 2 N–H and O–H groups in total. The van der Waals surface area contributed by atoms with Crippen molar-refractivity contribution in [2.24, 2.45) is 17.1 Å². The molecule has 168 valence electrons. The number of carbonyl (C=O) groups excluding carboxylic acids is 1. The number of piperazine rings is 1. The predicted octanol–water partition coefficient (Wildman–Crippen LogP) is 5.17. The summed E-state index contributed by atoms with van der Waals surface area (Å²) < 4.78 is 0. The van der Waals surface area contributed by atoms with Crippen LogP contribution in [0, 0.1) is 11.3 Å². The maximum atomic E-state index is 12.0. The summed E-state index contributed by atoms with van der Waals surface area (Å²) in [5.41, 5.74) is 9.10. The van der Waals surface area contributed by atoms with Crippen molar-refractivity contribution in [3.05, 3.63) is 29.8 Å². The summed E-state index contributed by atoms with van der Waals surface area (Å²) in [5.74, 6) is 1.37. The van der Waals surface area contributed by atoms with E-state index >= 15 is 0 Å². The molecule has 1 saturated heterocycles. The minimum atomic E-state index is -0.159. The van der Waals surface area contributed by atoms with Gasteiger partial charge in [-0.2, -0.15) is 0 Å². The molecule has 0 radical (unpaired) electrons. The molecular weight excluding hydrogens is 370 g/mol. The van der Waals surface area contributed by atoms with Gasteiger partial charge in [0.15, 0.2) is 0 Å². The number of hydrogen-bond acceptors (Lipinski definition) is 3. The molecule has 1 aliphatic heterocycles. The lowest BCUT2D eigenvalue weighted by atomic mass is 9.68. The maximum Gasteiger partial charge on any atom is 0.234 e. The lowest BCUT2D eigenvalue weighted by Crippen LogP contribution is -2.54. The fourth-order valence-corrected chi connectivity index (χ4v) is 5.57. The standard InChI is InChI=1S/C26H43N3O/c1-5-6-10-24(25(27)30)29-18-16-28(17-19-29)23-11-8-7-9-22(23)20-12-14-21(15-13-20)26(2,3)4/h7-9,11,20-21,24H,5-6,10,12-19H2,1-4H3,(H2,27,30). The van der Waals surface area contributed by atoms with Crippen molar-refractivity contribution in [1.29, 1.82) is 0 Å². The minimum Gasteiger partial charge on any atom is -0.369 e. The molecule has 0 spiro atoms. The normalized spacial score (nSPS) is 24.6. The third-order valence-corrected chi connectivity index (χ3v) is 7.58. The van der Waals surface area contributed by atoms with Gasteiger partial charge in [0, 0.05) is 31.9 Å². The molecule has 1 amide bonds. The van der Waals surface area contributed by atoms with Crippen LogP contribution in [0.1, 0.15) is 84.1 Å². The van der Waals surface area contributed by atoms with E-state index in [-0.39, 0.29) is 11.9 Å². The number of nitrogens with zero attached hydrogens (tertiary/aromatic N) is 2. The molecule has 1 unspecified atom stereocenters. The second kappa shape index (κ2) is 10.2. The molecule has 1 saturated carbocycles. The zero-order valence-electron chi connectivity index (χ0n) is 19.7. The first-order chi connectivity index (χ1) is 14.3. The first-order valence-electron chi connectivity index (χ1n) is 12.2. The molecular formula is C26H43N3O. The average Bonchev–Trinajstić information content (AvgIpc) is 2.74. The molecule has 3 rings (SSSR count). The van der Waals surface area contributed by atoms with Gasteiger partial charge in [0.05, 0.1) is 6.04 Å². The number of benzene rings is 1. The van der Waals surface area contributed by atoms with E-state index in [1.807, 2.05) is 0 Å². The molecule has 2 aliphatic rings. The van der Waals surface area contributed by atoms with Crippen LogP contribution in [0.3, 0.4) is 0 Å². The van der Waals surface area contributed by atoms with Gasteiger partial charge in [0.25, 0.3) is 0 Å². The van der Waals surface area contributed by atoms with E-state index in [0.29, 0.717) is 11.3 Å². The lowest BCUT2D eigenvalue weighted by Gasteiger charge is -2.41. The fraction of sp³-hybridized carbons (Fsp3) is 0.731. The van der Waals surface area contributed by atoms with E-state index in [1.54, 1.807) is 0 Å². The smallest absolute Gasteiger partial charge is 0.234 e. The summed E-state index contributed by atoms with van der Waals surface area (Å²) in [6.07, 6.45) is 8.35. The summed E-state index contributed by atoms with van der Waals surface area (Å²) in [7, 11) is 0. The molecule has 4 heteroatoms. The fourth-order valence-electron chi connectivity index (χ4n) is 5.57. The van der Waals surface area contributed by atoms with Crippen LogP contribution in [0.5, 0.6) is 0 Å². The lowest BCUT2D eigenvalue weighted by molar-refractivity contribution is -0.123. The van der Waals surface area contributed by atoms with Gasteiger partial charge in [0.1, 0.15) is 0 Å². The van der Waals surface area contributed by atoms with E-state index in [1.165, 1.54) is 36.9 Å². The SMILES string of the molecule is CCCCC(C(N)=O)N1CCN(c2ccccc2C2CCC(C(C)(C)C)CC2)CC1. The number of unbranched alkanes of at least 4 members (excludes halogenated alkanes) is 1. The second-order valence-electron chi connectivity index (χ2n) is 10.6. The topological polar surface area (TPSA) is 49.6 Å². The highest BCUT2D eigenvalue weighted by Crippen LogP contribution is 2.45. The monoisotopic (exact) mass is 413 g/mol. The van der Waals surface area contributed by atoms with Crippen molar-refractivity contribution in [3.8, 4) is 0 Å². The van der Waals surface area contributed by atoms with E-state index in [2.05, 4.69) is 61.8 Å². The third-order valence-electron chi connectivity index (χ3n) is 7.58. The highest BCUT2D eigenvalue weighted by molar-refractivity contribution is 5.79. The third kappa shape index (κ3) is 5.57. The van der Waals surface area contributed by atoms with Crippen LogP contribution >= 0.6 is 0 Å².